The Hall–Kier alpha value is -1.34. The van der Waals surface area contributed by atoms with Gasteiger partial charge in [0.2, 0.25) is 5.91 Å². The minimum absolute atomic E-state index is 0.0769. The van der Waals surface area contributed by atoms with Crippen LogP contribution in [-0.2, 0) is 17.9 Å². The average Bonchev–Trinajstić information content (AvgIpc) is 2.89. The largest absolute Gasteiger partial charge is 0.354 e. The van der Waals surface area contributed by atoms with E-state index in [4.69, 9.17) is 11.6 Å². The molecule has 0 bridgehead atoms. The van der Waals surface area contributed by atoms with E-state index in [1.54, 1.807) is 17.8 Å². The van der Waals surface area contributed by atoms with Gasteiger partial charge in [-0.3, -0.25) is 14.2 Å². The van der Waals surface area contributed by atoms with Gasteiger partial charge >= 0.3 is 0 Å². The summed E-state index contributed by atoms with van der Waals surface area (Å²) in [7, 11) is 0. The van der Waals surface area contributed by atoms with E-state index in [-0.39, 0.29) is 12.5 Å². The highest BCUT2D eigenvalue weighted by Crippen LogP contribution is 2.13. The van der Waals surface area contributed by atoms with E-state index >= 15 is 0 Å². The fourth-order valence-electron chi connectivity index (χ4n) is 1.85. The van der Waals surface area contributed by atoms with E-state index in [9.17, 15) is 4.79 Å². The molecule has 0 aromatic carbocycles. The van der Waals surface area contributed by atoms with Crippen molar-refractivity contribution < 1.29 is 4.79 Å². The van der Waals surface area contributed by atoms with Gasteiger partial charge < -0.3 is 5.32 Å². The van der Waals surface area contributed by atoms with Gasteiger partial charge in [-0.1, -0.05) is 11.6 Å². The minimum atomic E-state index is -0.0769. The van der Waals surface area contributed by atoms with Crippen LogP contribution in [-0.4, -0.2) is 32.0 Å². The Kier molecular flexibility index (Phi) is 5.41. The van der Waals surface area contributed by atoms with Crippen LogP contribution in [0.25, 0.3) is 0 Å². The molecule has 0 fully saturated rings. The molecule has 6 nitrogen and oxygen atoms in total. The predicted octanol–water partition coefficient (Wildman–Crippen LogP) is 2.32. The molecule has 2 rings (SSSR count). The normalized spacial score (nSPS) is 10.9. The highest BCUT2D eigenvalue weighted by atomic mass is 79.9. The number of carbonyl (C=O) groups excluding carboxylic acids is 1. The standard InChI is InChI=1S/C13H17BrClN5O/c1-9-11(14)6-19(17-9)5-3-4-16-13(21)8-20-7-12(15)10(2)18-20/h6-7H,3-5,8H2,1-2H3,(H,16,21). The molecule has 2 aromatic heterocycles. The molecule has 2 aromatic rings. The first kappa shape index (κ1) is 16.0. The summed E-state index contributed by atoms with van der Waals surface area (Å²) in [5, 5.41) is 11.9. The number of aromatic nitrogens is 4. The highest BCUT2D eigenvalue weighted by Gasteiger charge is 2.06. The summed E-state index contributed by atoms with van der Waals surface area (Å²) in [4.78, 5) is 11.8. The lowest BCUT2D eigenvalue weighted by Crippen LogP contribution is -2.29. The Morgan fingerprint density at radius 1 is 1.29 bits per heavy atom. The second-order valence-electron chi connectivity index (χ2n) is 4.79. The fraction of sp³-hybridized carbons (Fsp3) is 0.462. The van der Waals surface area contributed by atoms with Crippen molar-refractivity contribution in [1.29, 1.82) is 0 Å². The molecule has 0 saturated heterocycles. The Labute approximate surface area is 136 Å². The molecular weight excluding hydrogens is 358 g/mol. The third kappa shape index (κ3) is 4.57. The Morgan fingerprint density at radius 3 is 2.57 bits per heavy atom. The van der Waals surface area contributed by atoms with Crippen molar-refractivity contribution in [2.75, 3.05) is 6.54 Å². The zero-order chi connectivity index (χ0) is 15.4. The fourth-order valence-corrected chi connectivity index (χ4v) is 2.32. The molecule has 0 aliphatic carbocycles. The van der Waals surface area contributed by atoms with Crippen LogP contribution >= 0.6 is 27.5 Å². The Morgan fingerprint density at radius 2 is 2.00 bits per heavy atom. The van der Waals surface area contributed by atoms with E-state index < -0.39 is 0 Å². The number of hydrogen-bond acceptors (Lipinski definition) is 3. The van der Waals surface area contributed by atoms with Gasteiger partial charge in [0.25, 0.3) is 0 Å². The minimum Gasteiger partial charge on any atom is -0.354 e. The second kappa shape index (κ2) is 7.09. The Balaban J connectivity index is 1.69. The quantitative estimate of drug-likeness (QED) is 0.789. The number of aryl methyl sites for hydroxylation is 3. The molecule has 8 heteroatoms. The number of rotatable bonds is 6. The number of hydrogen-bond donors (Lipinski definition) is 1. The summed E-state index contributed by atoms with van der Waals surface area (Å²) in [6.45, 7) is 5.29. The average molecular weight is 375 g/mol. The van der Waals surface area contributed by atoms with E-state index in [0.29, 0.717) is 11.6 Å². The summed E-state index contributed by atoms with van der Waals surface area (Å²) in [5.74, 6) is -0.0769. The first-order valence-electron chi connectivity index (χ1n) is 6.61. The highest BCUT2D eigenvalue weighted by molar-refractivity contribution is 9.10. The molecule has 21 heavy (non-hydrogen) atoms. The predicted molar refractivity (Wildman–Crippen MR) is 84.3 cm³/mol. The van der Waals surface area contributed by atoms with Crippen LogP contribution in [0.2, 0.25) is 5.02 Å². The van der Waals surface area contributed by atoms with E-state index in [2.05, 4.69) is 31.4 Å². The van der Waals surface area contributed by atoms with Gasteiger partial charge in [0, 0.05) is 25.5 Å². The van der Waals surface area contributed by atoms with Crippen molar-refractivity contribution in [3.63, 3.8) is 0 Å². The maximum Gasteiger partial charge on any atom is 0.241 e. The van der Waals surface area contributed by atoms with Gasteiger partial charge in [0.05, 0.1) is 20.9 Å². The number of halogens is 2. The second-order valence-corrected chi connectivity index (χ2v) is 6.05. The lowest BCUT2D eigenvalue weighted by molar-refractivity contribution is -0.121. The SMILES string of the molecule is Cc1nn(CC(=O)NCCCn2cc(Br)c(C)n2)cc1Cl. The zero-order valence-electron chi connectivity index (χ0n) is 11.9. The van der Waals surface area contributed by atoms with Crippen LogP contribution in [0.5, 0.6) is 0 Å². The van der Waals surface area contributed by atoms with E-state index in [1.165, 1.54) is 0 Å². The summed E-state index contributed by atoms with van der Waals surface area (Å²) in [6.07, 6.45) is 4.41. The first-order valence-corrected chi connectivity index (χ1v) is 7.78. The molecule has 2 heterocycles. The first-order chi connectivity index (χ1) is 9.95. The van der Waals surface area contributed by atoms with Crippen molar-refractivity contribution in [1.82, 2.24) is 24.9 Å². The molecule has 0 aliphatic rings. The van der Waals surface area contributed by atoms with Crippen molar-refractivity contribution in [3.8, 4) is 0 Å². The van der Waals surface area contributed by atoms with Crippen molar-refractivity contribution in [2.24, 2.45) is 0 Å². The number of nitrogens with one attached hydrogen (secondary N) is 1. The van der Waals surface area contributed by atoms with Gasteiger partial charge in [-0.25, -0.2) is 0 Å². The zero-order valence-corrected chi connectivity index (χ0v) is 14.3. The maximum absolute atomic E-state index is 11.8. The summed E-state index contributed by atoms with van der Waals surface area (Å²) >= 11 is 9.31. The van der Waals surface area contributed by atoms with Crippen molar-refractivity contribution in [2.45, 2.75) is 33.4 Å². The molecule has 0 aliphatic heterocycles. The smallest absolute Gasteiger partial charge is 0.241 e. The molecule has 1 N–H and O–H groups in total. The summed E-state index contributed by atoms with van der Waals surface area (Å²) in [5.41, 5.74) is 1.69. The van der Waals surface area contributed by atoms with Crippen LogP contribution in [0.15, 0.2) is 16.9 Å². The van der Waals surface area contributed by atoms with Crippen LogP contribution in [0.4, 0.5) is 0 Å². The molecule has 0 radical (unpaired) electrons. The van der Waals surface area contributed by atoms with Crippen molar-refractivity contribution in [3.05, 3.63) is 33.3 Å². The van der Waals surface area contributed by atoms with Crippen LogP contribution < -0.4 is 5.32 Å². The third-order valence-corrected chi connectivity index (χ3v) is 4.11. The van der Waals surface area contributed by atoms with Gasteiger partial charge in [-0.15, -0.1) is 0 Å². The van der Waals surface area contributed by atoms with Gasteiger partial charge in [-0.05, 0) is 36.2 Å². The summed E-state index contributed by atoms with van der Waals surface area (Å²) in [6, 6.07) is 0. The molecule has 0 spiro atoms. The third-order valence-electron chi connectivity index (χ3n) is 2.96. The monoisotopic (exact) mass is 373 g/mol. The van der Waals surface area contributed by atoms with Crippen LogP contribution in [0.3, 0.4) is 0 Å². The van der Waals surface area contributed by atoms with Crippen molar-refractivity contribution >= 4 is 33.4 Å². The topological polar surface area (TPSA) is 64.7 Å². The lowest BCUT2D eigenvalue weighted by Gasteiger charge is -2.05. The number of carbonyl (C=O) groups is 1. The van der Waals surface area contributed by atoms with Crippen LogP contribution in [0.1, 0.15) is 17.8 Å². The van der Waals surface area contributed by atoms with E-state index in [0.717, 1.165) is 28.8 Å². The Bertz CT molecular complexity index is 598. The van der Waals surface area contributed by atoms with E-state index in [1.807, 2.05) is 17.8 Å². The molecule has 0 unspecified atom stereocenters. The van der Waals surface area contributed by atoms with Gasteiger partial charge in [0.15, 0.2) is 0 Å². The number of amides is 1. The lowest BCUT2D eigenvalue weighted by atomic mass is 10.4. The van der Waals surface area contributed by atoms with Crippen LogP contribution in [0, 0.1) is 13.8 Å². The summed E-state index contributed by atoms with van der Waals surface area (Å²) < 4.78 is 4.40. The number of nitrogens with zero attached hydrogens (tertiary/aromatic N) is 4. The van der Waals surface area contributed by atoms with Gasteiger partial charge in [0.1, 0.15) is 6.54 Å². The van der Waals surface area contributed by atoms with Gasteiger partial charge in [-0.2, -0.15) is 10.2 Å². The molecule has 114 valence electrons. The maximum atomic E-state index is 11.8. The molecule has 0 saturated carbocycles. The molecule has 0 atom stereocenters. The molecule has 1 amide bonds. The molecular formula is C13H17BrClN5O.